The zero-order valence-electron chi connectivity index (χ0n) is 14.8. The van der Waals surface area contributed by atoms with Crippen molar-refractivity contribution in [2.75, 3.05) is 18.6 Å². The minimum atomic E-state index is 0.122. The normalized spacial score (nSPS) is 15.6. The lowest BCUT2D eigenvalue weighted by Crippen LogP contribution is -2.27. The minimum absolute atomic E-state index is 0.122. The van der Waals surface area contributed by atoms with Gasteiger partial charge in [-0.25, -0.2) is 0 Å². The fourth-order valence-electron chi connectivity index (χ4n) is 3.49. The van der Waals surface area contributed by atoms with Gasteiger partial charge in [0.15, 0.2) is 0 Å². The van der Waals surface area contributed by atoms with Gasteiger partial charge in [0, 0.05) is 24.8 Å². The number of fused-ring (bicyclic) bond motifs is 1. The lowest BCUT2D eigenvalue weighted by molar-refractivity contribution is 0.414. The zero-order valence-corrected chi connectivity index (χ0v) is 14.8. The number of ether oxygens (including phenoxy) is 2. The van der Waals surface area contributed by atoms with E-state index < -0.39 is 0 Å². The highest BCUT2D eigenvalue weighted by molar-refractivity contribution is 5.58. The van der Waals surface area contributed by atoms with Crippen molar-refractivity contribution in [1.29, 1.82) is 0 Å². The van der Waals surface area contributed by atoms with E-state index in [0.29, 0.717) is 6.54 Å². The van der Waals surface area contributed by atoms with Crippen LogP contribution in [0, 0.1) is 0 Å². The maximum Gasteiger partial charge on any atom is 0.127 e. The van der Waals surface area contributed by atoms with Gasteiger partial charge in [0.25, 0.3) is 0 Å². The molecule has 132 valence electrons. The van der Waals surface area contributed by atoms with Gasteiger partial charge in [-0.2, -0.15) is 0 Å². The van der Waals surface area contributed by atoms with Crippen molar-refractivity contribution in [3.05, 3.63) is 83.9 Å². The Morgan fingerprint density at radius 1 is 0.923 bits per heavy atom. The lowest BCUT2D eigenvalue weighted by atomic mass is 10.0. The number of rotatable bonds is 5. The molecule has 1 aliphatic rings. The number of nitrogens with zero attached hydrogens (tertiary/aromatic N) is 1. The van der Waals surface area contributed by atoms with Gasteiger partial charge in [-0.05, 0) is 47.5 Å². The molecular weight excluding hydrogens is 324 g/mol. The second-order valence-electron chi connectivity index (χ2n) is 6.36. The van der Waals surface area contributed by atoms with Crippen LogP contribution in [0.4, 0.5) is 5.69 Å². The molecule has 4 rings (SSSR count). The van der Waals surface area contributed by atoms with E-state index in [4.69, 9.17) is 15.2 Å². The largest absolute Gasteiger partial charge is 0.497 e. The third-order valence-electron chi connectivity index (χ3n) is 4.78. The van der Waals surface area contributed by atoms with Crippen molar-refractivity contribution in [2.24, 2.45) is 5.73 Å². The Morgan fingerprint density at radius 3 is 2.50 bits per heavy atom. The van der Waals surface area contributed by atoms with E-state index in [2.05, 4.69) is 29.2 Å². The molecular formula is C22H22N2O2. The molecule has 1 atom stereocenters. The SMILES string of the molecule is COc1cccc(N2Cc3ccc(Oc4ccccc4)cc3C2CN)c1. The fraction of sp³-hybridized carbons (Fsp3) is 0.182. The van der Waals surface area contributed by atoms with E-state index in [9.17, 15) is 0 Å². The Bertz CT molecular complexity index is 896. The van der Waals surface area contributed by atoms with Crippen LogP contribution in [0.2, 0.25) is 0 Å². The highest BCUT2D eigenvalue weighted by atomic mass is 16.5. The van der Waals surface area contributed by atoms with E-state index in [1.165, 1.54) is 11.1 Å². The average molecular weight is 346 g/mol. The molecule has 0 amide bonds. The Hall–Kier alpha value is -2.98. The smallest absolute Gasteiger partial charge is 0.127 e. The zero-order chi connectivity index (χ0) is 17.9. The molecule has 3 aromatic rings. The van der Waals surface area contributed by atoms with Gasteiger partial charge in [-0.3, -0.25) is 0 Å². The molecule has 0 aliphatic carbocycles. The number of para-hydroxylation sites is 1. The van der Waals surface area contributed by atoms with Crippen LogP contribution in [0.25, 0.3) is 0 Å². The molecule has 26 heavy (non-hydrogen) atoms. The summed E-state index contributed by atoms with van der Waals surface area (Å²) in [6, 6.07) is 24.3. The summed E-state index contributed by atoms with van der Waals surface area (Å²) in [5.41, 5.74) is 9.76. The van der Waals surface area contributed by atoms with Crippen LogP contribution in [0.3, 0.4) is 0 Å². The fourth-order valence-corrected chi connectivity index (χ4v) is 3.49. The molecule has 2 N–H and O–H groups in total. The number of hydrogen-bond acceptors (Lipinski definition) is 4. The van der Waals surface area contributed by atoms with E-state index >= 15 is 0 Å². The van der Waals surface area contributed by atoms with Crippen LogP contribution >= 0.6 is 0 Å². The van der Waals surface area contributed by atoms with Gasteiger partial charge in [-0.15, -0.1) is 0 Å². The van der Waals surface area contributed by atoms with Gasteiger partial charge < -0.3 is 20.1 Å². The minimum Gasteiger partial charge on any atom is -0.497 e. The highest BCUT2D eigenvalue weighted by Crippen LogP contribution is 2.40. The van der Waals surface area contributed by atoms with Crippen molar-refractivity contribution >= 4 is 5.69 Å². The summed E-state index contributed by atoms with van der Waals surface area (Å²) >= 11 is 0. The summed E-state index contributed by atoms with van der Waals surface area (Å²) in [7, 11) is 1.69. The van der Waals surface area contributed by atoms with E-state index in [0.717, 1.165) is 29.5 Å². The Labute approximate surface area is 153 Å². The second kappa shape index (κ2) is 7.10. The molecule has 0 fully saturated rings. The molecule has 0 aromatic heterocycles. The number of anilines is 1. The van der Waals surface area contributed by atoms with Crippen LogP contribution in [0.15, 0.2) is 72.8 Å². The third-order valence-corrected chi connectivity index (χ3v) is 4.78. The molecule has 4 heteroatoms. The summed E-state index contributed by atoms with van der Waals surface area (Å²) in [6.07, 6.45) is 0. The van der Waals surface area contributed by atoms with Crippen LogP contribution in [-0.2, 0) is 6.54 Å². The molecule has 0 bridgehead atoms. The van der Waals surface area contributed by atoms with Gasteiger partial charge in [-0.1, -0.05) is 30.3 Å². The molecule has 4 nitrogen and oxygen atoms in total. The Balaban J connectivity index is 1.63. The van der Waals surface area contributed by atoms with Crippen molar-refractivity contribution in [1.82, 2.24) is 0 Å². The predicted octanol–water partition coefficient (Wildman–Crippen LogP) is 4.51. The lowest BCUT2D eigenvalue weighted by Gasteiger charge is -2.26. The van der Waals surface area contributed by atoms with Gasteiger partial charge >= 0.3 is 0 Å². The standard InChI is InChI=1S/C22H22N2O2/c1-25-19-9-5-6-17(12-19)24-15-16-10-11-20(13-21(16)22(24)14-23)26-18-7-3-2-4-8-18/h2-13,22H,14-15,23H2,1H3. The number of methoxy groups -OCH3 is 1. The van der Waals surface area contributed by atoms with Crippen LogP contribution in [0.5, 0.6) is 17.2 Å². The molecule has 3 aromatic carbocycles. The Morgan fingerprint density at radius 2 is 1.73 bits per heavy atom. The molecule has 0 radical (unpaired) electrons. The maximum atomic E-state index is 6.14. The van der Waals surface area contributed by atoms with E-state index in [1.807, 2.05) is 48.5 Å². The first kappa shape index (κ1) is 16.5. The summed E-state index contributed by atoms with van der Waals surface area (Å²) in [5, 5.41) is 0. The number of hydrogen-bond donors (Lipinski definition) is 1. The highest BCUT2D eigenvalue weighted by Gasteiger charge is 2.30. The molecule has 0 saturated carbocycles. The van der Waals surface area contributed by atoms with Crippen molar-refractivity contribution in [2.45, 2.75) is 12.6 Å². The monoisotopic (exact) mass is 346 g/mol. The maximum absolute atomic E-state index is 6.14. The summed E-state index contributed by atoms with van der Waals surface area (Å²) < 4.78 is 11.4. The average Bonchev–Trinajstić information content (AvgIpc) is 3.06. The van der Waals surface area contributed by atoms with Gasteiger partial charge in [0.1, 0.15) is 17.2 Å². The molecule has 0 saturated heterocycles. The first-order valence-corrected chi connectivity index (χ1v) is 8.75. The third kappa shape index (κ3) is 3.11. The van der Waals surface area contributed by atoms with Gasteiger partial charge in [0.2, 0.25) is 0 Å². The number of nitrogens with two attached hydrogens (primary N) is 1. The molecule has 0 spiro atoms. The summed E-state index contributed by atoms with van der Waals surface area (Å²) in [6.45, 7) is 1.37. The summed E-state index contributed by atoms with van der Waals surface area (Å²) in [4.78, 5) is 2.32. The van der Waals surface area contributed by atoms with Crippen LogP contribution < -0.4 is 20.1 Å². The predicted molar refractivity (Wildman–Crippen MR) is 104 cm³/mol. The Kier molecular flexibility index (Phi) is 4.50. The molecule has 1 unspecified atom stereocenters. The quantitative estimate of drug-likeness (QED) is 0.738. The first-order chi connectivity index (χ1) is 12.8. The van der Waals surface area contributed by atoms with Crippen molar-refractivity contribution in [3.8, 4) is 17.2 Å². The van der Waals surface area contributed by atoms with Gasteiger partial charge in [0.05, 0.1) is 13.2 Å². The molecule has 1 heterocycles. The topological polar surface area (TPSA) is 47.7 Å². The van der Waals surface area contributed by atoms with Crippen LogP contribution in [-0.4, -0.2) is 13.7 Å². The molecule has 1 aliphatic heterocycles. The first-order valence-electron chi connectivity index (χ1n) is 8.75. The summed E-state index contributed by atoms with van der Waals surface area (Å²) in [5.74, 6) is 2.52. The van der Waals surface area contributed by atoms with Crippen LogP contribution in [0.1, 0.15) is 17.2 Å². The van der Waals surface area contributed by atoms with Crippen molar-refractivity contribution in [3.63, 3.8) is 0 Å². The van der Waals surface area contributed by atoms with Crippen molar-refractivity contribution < 1.29 is 9.47 Å². The van der Waals surface area contributed by atoms with E-state index in [1.54, 1.807) is 7.11 Å². The number of benzene rings is 3. The second-order valence-corrected chi connectivity index (χ2v) is 6.36. The van der Waals surface area contributed by atoms with E-state index in [-0.39, 0.29) is 6.04 Å².